The molecule has 4 heteroatoms. The number of likely N-dealkylation sites (tertiary alicyclic amines) is 1. The van der Waals surface area contributed by atoms with E-state index >= 15 is 0 Å². The van der Waals surface area contributed by atoms with E-state index in [9.17, 15) is 14.7 Å². The number of carboxylic acid groups (broad SMARTS) is 1. The summed E-state index contributed by atoms with van der Waals surface area (Å²) in [4.78, 5) is 26.0. The van der Waals surface area contributed by atoms with Crippen LogP contribution in [-0.2, 0) is 9.59 Å². The molecule has 1 fully saturated rings. The SMILES string of the molecule is CCCC(C(=O)N1CC(C)CC(C(=O)O)C1)c1ccccc1. The number of piperidine rings is 1. The Balaban J connectivity index is 2.17. The van der Waals surface area contributed by atoms with Gasteiger partial charge in [0.05, 0.1) is 11.8 Å². The fourth-order valence-electron chi connectivity index (χ4n) is 3.34. The second-order valence-electron chi connectivity index (χ2n) is 6.37. The van der Waals surface area contributed by atoms with Gasteiger partial charge in [-0.1, -0.05) is 50.6 Å². The maximum absolute atomic E-state index is 12.9. The molecule has 1 aromatic carbocycles. The van der Waals surface area contributed by atoms with Crippen molar-refractivity contribution in [1.29, 1.82) is 0 Å². The molecule has 1 N–H and O–H groups in total. The molecule has 1 aliphatic rings. The zero-order chi connectivity index (χ0) is 16.1. The molecule has 0 aromatic heterocycles. The Labute approximate surface area is 132 Å². The highest BCUT2D eigenvalue weighted by molar-refractivity contribution is 5.84. The first-order valence-corrected chi connectivity index (χ1v) is 8.09. The zero-order valence-electron chi connectivity index (χ0n) is 13.4. The van der Waals surface area contributed by atoms with Crippen molar-refractivity contribution < 1.29 is 14.7 Å². The molecule has 1 saturated heterocycles. The molecule has 1 aromatic rings. The molecule has 4 nitrogen and oxygen atoms in total. The van der Waals surface area contributed by atoms with E-state index in [2.05, 4.69) is 6.92 Å². The Morgan fingerprint density at radius 2 is 1.95 bits per heavy atom. The van der Waals surface area contributed by atoms with Crippen molar-refractivity contribution in [1.82, 2.24) is 4.90 Å². The number of carboxylic acids is 1. The highest BCUT2D eigenvalue weighted by atomic mass is 16.4. The summed E-state index contributed by atoms with van der Waals surface area (Å²) in [6, 6.07) is 9.81. The molecule has 0 saturated carbocycles. The van der Waals surface area contributed by atoms with Gasteiger partial charge in [-0.2, -0.15) is 0 Å². The van der Waals surface area contributed by atoms with E-state index in [0.717, 1.165) is 18.4 Å². The first kappa shape index (κ1) is 16.5. The molecule has 3 unspecified atom stereocenters. The van der Waals surface area contributed by atoms with Crippen LogP contribution in [0.15, 0.2) is 30.3 Å². The lowest BCUT2D eigenvalue weighted by molar-refractivity contribution is -0.147. The van der Waals surface area contributed by atoms with Crippen LogP contribution in [0.3, 0.4) is 0 Å². The van der Waals surface area contributed by atoms with Crippen LogP contribution in [-0.4, -0.2) is 35.0 Å². The number of hydrogen-bond acceptors (Lipinski definition) is 2. The summed E-state index contributed by atoms with van der Waals surface area (Å²) >= 11 is 0. The van der Waals surface area contributed by atoms with Crippen molar-refractivity contribution in [3.05, 3.63) is 35.9 Å². The van der Waals surface area contributed by atoms with Gasteiger partial charge in [0.1, 0.15) is 0 Å². The summed E-state index contributed by atoms with van der Waals surface area (Å²) in [5.41, 5.74) is 1.03. The molecule has 22 heavy (non-hydrogen) atoms. The minimum absolute atomic E-state index is 0.0749. The topological polar surface area (TPSA) is 57.6 Å². The van der Waals surface area contributed by atoms with Crippen LogP contribution in [0.25, 0.3) is 0 Å². The van der Waals surface area contributed by atoms with E-state index in [4.69, 9.17) is 0 Å². The molecule has 0 aliphatic carbocycles. The van der Waals surface area contributed by atoms with Gasteiger partial charge in [0.15, 0.2) is 0 Å². The number of hydrogen-bond donors (Lipinski definition) is 1. The second-order valence-corrected chi connectivity index (χ2v) is 6.37. The summed E-state index contributed by atoms with van der Waals surface area (Å²) in [5, 5.41) is 9.28. The van der Waals surface area contributed by atoms with E-state index < -0.39 is 11.9 Å². The standard InChI is InChI=1S/C18H25NO3/c1-3-7-16(14-8-5-4-6-9-14)17(20)19-11-13(2)10-15(12-19)18(21)22/h4-6,8-9,13,15-16H,3,7,10-12H2,1-2H3,(H,21,22). The third-order valence-corrected chi connectivity index (χ3v) is 4.40. The normalized spacial score (nSPS) is 23.1. The molecule has 0 radical (unpaired) electrons. The lowest BCUT2D eigenvalue weighted by Crippen LogP contribution is -2.47. The van der Waals surface area contributed by atoms with Gasteiger partial charge >= 0.3 is 5.97 Å². The van der Waals surface area contributed by atoms with E-state index in [1.807, 2.05) is 37.3 Å². The van der Waals surface area contributed by atoms with Crippen LogP contribution in [0.4, 0.5) is 0 Å². The van der Waals surface area contributed by atoms with Crippen LogP contribution in [0.1, 0.15) is 44.6 Å². The fourth-order valence-corrected chi connectivity index (χ4v) is 3.34. The van der Waals surface area contributed by atoms with E-state index in [1.54, 1.807) is 4.90 Å². The van der Waals surface area contributed by atoms with Crippen LogP contribution >= 0.6 is 0 Å². The summed E-state index contributed by atoms with van der Waals surface area (Å²) in [6.07, 6.45) is 2.38. The van der Waals surface area contributed by atoms with E-state index in [0.29, 0.717) is 19.5 Å². The van der Waals surface area contributed by atoms with Crippen molar-refractivity contribution in [3.8, 4) is 0 Å². The van der Waals surface area contributed by atoms with Crippen molar-refractivity contribution in [2.75, 3.05) is 13.1 Å². The molecule has 1 amide bonds. The minimum Gasteiger partial charge on any atom is -0.481 e. The van der Waals surface area contributed by atoms with Crippen LogP contribution in [0.2, 0.25) is 0 Å². The van der Waals surface area contributed by atoms with Crippen LogP contribution in [0.5, 0.6) is 0 Å². The number of nitrogens with zero attached hydrogens (tertiary/aromatic N) is 1. The number of carbonyl (C=O) groups excluding carboxylic acids is 1. The smallest absolute Gasteiger partial charge is 0.308 e. The predicted molar refractivity (Wildman–Crippen MR) is 85.6 cm³/mol. The Hall–Kier alpha value is -1.84. The third-order valence-electron chi connectivity index (χ3n) is 4.40. The summed E-state index contributed by atoms with van der Waals surface area (Å²) in [5.74, 6) is -1.09. The molecule has 3 atom stereocenters. The quantitative estimate of drug-likeness (QED) is 0.909. The van der Waals surface area contributed by atoms with Gasteiger partial charge in [0.25, 0.3) is 0 Å². The maximum Gasteiger partial charge on any atom is 0.308 e. The molecular weight excluding hydrogens is 278 g/mol. The highest BCUT2D eigenvalue weighted by Gasteiger charge is 2.34. The van der Waals surface area contributed by atoms with E-state index in [-0.39, 0.29) is 17.7 Å². The van der Waals surface area contributed by atoms with Crippen molar-refractivity contribution >= 4 is 11.9 Å². The molecule has 2 rings (SSSR count). The second kappa shape index (κ2) is 7.43. The average Bonchev–Trinajstić information content (AvgIpc) is 2.52. The van der Waals surface area contributed by atoms with Crippen molar-refractivity contribution in [2.45, 2.75) is 39.0 Å². The van der Waals surface area contributed by atoms with Crippen molar-refractivity contribution in [3.63, 3.8) is 0 Å². The molecule has 120 valence electrons. The van der Waals surface area contributed by atoms with E-state index in [1.165, 1.54) is 0 Å². The Morgan fingerprint density at radius 1 is 1.27 bits per heavy atom. The van der Waals surface area contributed by atoms with Gasteiger partial charge in [0.2, 0.25) is 5.91 Å². The largest absolute Gasteiger partial charge is 0.481 e. The average molecular weight is 303 g/mol. The molecule has 0 bridgehead atoms. The lowest BCUT2D eigenvalue weighted by Gasteiger charge is -2.36. The monoisotopic (exact) mass is 303 g/mol. The van der Waals surface area contributed by atoms with Gasteiger partial charge in [0, 0.05) is 13.1 Å². The van der Waals surface area contributed by atoms with Gasteiger partial charge in [-0.3, -0.25) is 9.59 Å². The predicted octanol–water partition coefficient (Wildman–Crippen LogP) is 3.14. The lowest BCUT2D eigenvalue weighted by atomic mass is 9.87. The van der Waals surface area contributed by atoms with Gasteiger partial charge in [-0.05, 0) is 24.3 Å². The zero-order valence-corrected chi connectivity index (χ0v) is 13.4. The van der Waals surface area contributed by atoms with Crippen molar-refractivity contribution in [2.24, 2.45) is 11.8 Å². The molecule has 0 spiro atoms. The third kappa shape index (κ3) is 3.87. The molecular formula is C18H25NO3. The van der Waals surface area contributed by atoms with Crippen LogP contribution in [0, 0.1) is 11.8 Å². The van der Waals surface area contributed by atoms with Gasteiger partial charge in [-0.15, -0.1) is 0 Å². The maximum atomic E-state index is 12.9. The Bertz CT molecular complexity index is 514. The number of carbonyl (C=O) groups is 2. The number of rotatable bonds is 5. The first-order valence-electron chi connectivity index (χ1n) is 8.09. The Kier molecular flexibility index (Phi) is 5.58. The first-order chi connectivity index (χ1) is 10.5. The molecule has 1 aliphatic heterocycles. The number of aliphatic carboxylic acids is 1. The summed E-state index contributed by atoms with van der Waals surface area (Å²) < 4.78 is 0. The summed E-state index contributed by atoms with van der Waals surface area (Å²) in [7, 11) is 0. The number of benzene rings is 1. The van der Waals surface area contributed by atoms with Gasteiger partial charge < -0.3 is 10.0 Å². The highest BCUT2D eigenvalue weighted by Crippen LogP contribution is 2.28. The summed E-state index contributed by atoms with van der Waals surface area (Å²) in [6.45, 7) is 5.09. The minimum atomic E-state index is -0.795. The van der Waals surface area contributed by atoms with Gasteiger partial charge in [-0.25, -0.2) is 0 Å². The molecule has 1 heterocycles. The van der Waals surface area contributed by atoms with Crippen LogP contribution < -0.4 is 0 Å². The Morgan fingerprint density at radius 3 is 2.55 bits per heavy atom. The fraction of sp³-hybridized carbons (Fsp3) is 0.556. The number of amides is 1.